The summed E-state index contributed by atoms with van der Waals surface area (Å²) in [6, 6.07) is 1.77. The van der Waals surface area contributed by atoms with Crippen LogP contribution < -0.4 is 5.32 Å². The van der Waals surface area contributed by atoms with Gasteiger partial charge in [0.05, 0.1) is 17.0 Å². The maximum atomic E-state index is 12.0. The van der Waals surface area contributed by atoms with Gasteiger partial charge in [0.25, 0.3) is 0 Å². The van der Waals surface area contributed by atoms with Crippen LogP contribution in [-0.4, -0.2) is 55.1 Å². The largest absolute Gasteiger partial charge is 0.364 e. The van der Waals surface area contributed by atoms with Crippen LogP contribution in [0.15, 0.2) is 21.8 Å². The monoisotopic (exact) mass is 428 g/mol. The summed E-state index contributed by atoms with van der Waals surface area (Å²) in [5, 5.41) is 6.98. The number of aromatic nitrogens is 1. The summed E-state index contributed by atoms with van der Waals surface area (Å²) in [5.41, 5.74) is 0.773. The van der Waals surface area contributed by atoms with Crippen molar-refractivity contribution in [1.82, 2.24) is 15.4 Å². The zero-order chi connectivity index (χ0) is 14.8. The molecule has 0 radical (unpaired) electrons. The third-order valence-corrected chi connectivity index (χ3v) is 6.01. The van der Waals surface area contributed by atoms with Crippen LogP contribution in [0.3, 0.4) is 0 Å². The van der Waals surface area contributed by atoms with Gasteiger partial charge in [-0.3, -0.25) is 4.99 Å². The Kier molecular flexibility index (Phi) is 6.02. The lowest BCUT2D eigenvalue weighted by Gasteiger charge is -2.39. The lowest BCUT2D eigenvalue weighted by molar-refractivity contribution is 0.352. The van der Waals surface area contributed by atoms with Crippen LogP contribution in [0, 0.1) is 0 Å². The van der Waals surface area contributed by atoms with Gasteiger partial charge in [0.2, 0.25) is 0 Å². The minimum absolute atomic E-state index is 0. The first-order chi connectivity index (χ1) is 9.36. The quantitative estimate of drug-likeness (QED) is 0.428. The molecule has 1 aromatic rings. The molecular weight excluding hydrogens is 407 g/mol. The first kappa shape index (κ1) is 18.2. The van der Waals surface area contributed by atoms with Crippen LogP contribution in [0.2, 0.25) is 0 Å². The van der Waals surface area contributed by atoms with Gasteiger partial charge in [0, 0.05) is 26.2 Å². The molecule has 120 valence electrons. The fourth-order valence-electron chi connectivity index (χ4n) is 2.16. The molecule has 1 saturated heterocycles. The lowest BCUT2D eigenvalue weighted by atomic mass is 10.2. The summed E-state index contributed by atoms with van der Waals surface area (Å²) < 4.78 is 28.0. The Morgan fingerprint density at radius 3 is 2.81 bits per heavy atom. The molecule has 1 N–H and O–H groups in total. The molecular formula is C12H21IN4O3S. The zero-order valence-corrected chi connectivity index (χ0v) is 15.5. The molecule has 1 aliphatic heterocycles. The normalized spacial score (nSPS) is 20.7. The Labute approximate surface area is 142 Å². The molecule has 9 heteroatoms. The number of nitrogens with one attached hydrogen (secondary N) is 1. The van der Waals surface area contributed by atoms with Crippen molar-refractivity contribution in [1.29, 1.82) is 0 Å². The molecule has 1 aromatic heterocycles. The topological polar surface area (TPSA) is 87.8 Å². The van der Waals surface area contributed by atoms with Crippen molar-refractivity contribution in [2.45, 2.75) is 25.1 Å². The summed E-state index contributed by atoms with van der Waals surface area (Å²) in [7, 11) is -1.36. The van der Waals surface area contributed by atoms with E-state index in [1.165, 1.54) is 6.26 Å². The molecule has 2 rings (SSSR count). The lowest BCUT2D eigenvalue weighted by Crippen LogP contribution is -2.57. The van der Waals surface area contributed by atoms with E-state index >= 15 is 0 Å². The highest BCUT2D eigenvalue weighted by Gasteiger charge is 2.40. The van der Waals surface area contributed by atoms with Gasteiger partial charge in [-0.1, -0.05) is 5.16 Å². The predicted molar refractivity (Wildman–Crippen MR) is 91.6 cm³/mol. The average Bonchev–Trinajstić information content (AvgIpc) is 2.87. The van der Waals surface area contributed by atoms with Gasteiger partial charge in [-0.2, -0.15) is 0 Å². The number of hydrogen-bond acceptors (Lipinski definition) is 5. The fourth-order valence-corrected chi connectivity index (χ4v) is 3.52. The van der Waals surface area contributed by atoms with Gasteiger partial charge in [0.1, 0.15) is 12.0 Å². The maximum absolute atomic E-state index is 12.0. The fraction of sp³-hybridized carbons (Fsp3) is 0.667. The van der Waals surface area contributed by atoms with E-state index in [1.807, 2.05) is 4.90 Å². The van der Waals surface area contributed by atoms with E-state index < -0.39 is 14.6 Å². The van der Waals surface area contributed by atoms with Crippen LogP contribution in [0.25, 0.3) is 0 Å². The van der Waals surface area contributed by atoms with Crippen LogP contribution >= 0.6 is 24.0 Å². The van der Waals surface area contributed by atoms with E-state index in [-0.39, 0.29) is 29.7 Å². The highest BCUT2D eigenvalue weighted by molar-refractivity contribution is 14.0. The molecule has 0 saturated carbocycles. The van der Waals surface area contributed by atoms with Crippen LogP contribution in [-0.2, 0) is 16.4 Å². The van der Waals surface area contributed by atoms with Gasteiger partial charge in [-0.05, 0) is 13.8 Å². The number of rotatable bonds is 2. The molecule has 0 amide bonds. The summed E-state index contributed by atoms with van der Waals surface area (Å²) in [6.07, 6.45) is 1.51. The molecule has 0 spiro atoms. The van der Waals surface area contributed by atoms with Gasteiger partial charge >= 0.3 is 0 Å². The molecule has 21 heavy (non-hydrogen) atoms. The van der Waals surface area contributed by atoms with E-state index in [0.717, 1.165) is 5.69 Å². The zero-order valence-electron chi connectivity index (χ0n) is 12.4. The van der Waals surface area contributed by atoms with E-state index in [0.29, 0.717) is 25.6 Å². The summed E-state index contributed by atoms with van der Waals surface area (Å²) in [5.74, 6) is 0.820. The van der Waals surface area contributed by atoms with Gasteiger partial charge in [0.15, 0.2) is 15.8 Å². The standard InChI is InChI=1S/C12H20N4O3S.HI/c1-12(2)9-16(5-7-20(12,17)18)11(13-3)14-8-10-4-6-19-15-10;/h4,6H,5,7-9H2,1-3H3,(H,13,14);1H. The molecule has 0 aromatic carbocycles. The molecule has 2 heterocycles. The van der Waals surface area contributed by atoms with Gasteiger partial charge in [-0.25, -0.2) is 8.42 Å². The molecule has 0 unspecified atom stereocenters. The smallest absolute Gasteiger partial charge is 0.194 e. The molecule has 0 bridgehead atoms. The molecule has 1 aliphatic rings. The van der Waals surface area contributed by atoms with E-state index in [9.17, 15) is 8.42 Å². The van der Waals surface area contributed by atoms with Crippen molar-refractivity contribution in [2.75, 3.05) is 25.9 Å². The summed E-state index contributed by atoms with van der Waals surface area (Å²) in [6.45, 7) is 4.86. The second kappa shape index (κ2) is 6.95. The Bertz CT molecular complexity index is 584. The maximum Gasteiger partial charge on any atom is 0.194 e. The van der Waals surface area contributed by atoms with Crippen LogP contribution in [0.5, 0.6) is 0 Å². The van der Waals surface area contributed by atoms with E-state index in [2.05, 4.69) is 15.5 Å². The Morgan fingerprint density at radius 2 is 2.29 bits per heavy atom. The Hall–Kier alpha value is -0.840. The first-order valence-corrected chi connectivity index (χ1v) is 8.08. The van der Waals surface area contributed by atoms with Crippen LogP contribution in [0.1, 0.15) is 19.5 Å². The number of hydrogen-bond donors (Lipinski definition) is 1. The van der Waals surface area contributed by atoms with Gasteiger partial charge in [-0.15, -0.1) is 24.0 Å². The third-order valence-electron chi connectivity index (χ3n) is 3.47. The Morgan fingerprint density at radius 1 is 1.57 bits per heavy atom. The third kappa shape index (κ3) is 4.09. The predicted octanol–water partition coefficient (Wildman–Crippen LogP) is 0.877. The highest BCUT2D eigenvalue weighted by Crippen LogP contribution is 2.23. The van der Waals surface area contributed by atoms with Crippen molar-refractivity contribution in [3.63, 3.8) is 0 Å². The molecule has 7 nitrogen and oxygen atoms in total. The molecule has 1 fully saturated rings. The van der Waals surface area contributed by atoms with Crippen molar-refractivity contribution >= 4 is 39.8 Å². The second-order valence-electron chi connectivity index (χ2n) is 5.39. The van der Waals surface area contributed by atoms with E-state index in [4.69, 9.17) is 4.52 Å². The highest BCUT2D eigenvalue weighted by atomic mass is 127. The Balaban J connectivity index is 0.00000220. The molecule has 0 atom stereocenters. The van der Waals surface area contributed by atoms with Crippen molar-refractivity contribution in [3.05, 3.63) is 18.0 Å². The SMILES string of the molecule is CN=C(NCc1ccon1)N1CCS(=O)(=O)C(C)(C)C1.I. The molecule has 0 aliphatic carbocycles. The minimum Gasteiger partial charge on any atom is -0.364 e. The van der Waals surface area contributed by atoms with E-state index in [1.54, 1.807) is 27.0 Å². The first-order valence-electron chi connectivity index (χ1n) is 6.43. The minimum atomic E-state index is -3.05. The van der Waals surface area contributed by atoms with Crippen molar-refractivity contribution < 1.29 is 12.9 Å². The number of aliphatic imine (C=N–C) groups is 1. The number of guanidine groups is 1. The van der Waals surface area contributed by atoms with Crippen LogP contribution in [0.4, 0.5) is 0 Å². The average molecular weight is 428 g/mol. The summed E-state index contributed by atoms with van der Waals surface area (Å²) >= 11 is 0. The van der Waals surface area contributed by atoms with Crippen molar-refractivity contribution in [2.24, 2.45) is 4.99 Å². The second-order valence-corrected chi connectivity index (χ2v) is 8.13. The number of nitrogens with zero attached hydrogens (tertiary/aromatic N) is 3. The number of sulfone groups is 1. The van der Waals surface area contributed by atoms with Gasteiger partial charge < -0.3 is 14.7 Å². The van der Waals surface area contributed by atoms with Crippen molar-refractivity contribution in [3.8, 4) is 0 Å². The number of halogens is 1. The summed E-state index contributed by atoms with van der Waals surface area (Å²) in [4.78, 5) is 6.16.